The molecule has 0 spiro atoms. The second-order valence-electron chi connectivity index (χ2n) is 6.79. The summed E-state index contributed by atoms with van der Waals surface area (Å²) in [6, 6.07) is 18.7. The number of aromatic amines is 1. The second-order valence-corrected chi connectivity index (χ2v) is 6.79. The number of nitrogens with zero attached hydrogens (tertiary/aromatic N) is 4. The lowest BCUT2D eigenvalue weighted by Gasteiger charge is -2.24. The lowest BCUT2D eigenvalue weighted by Crippen LogP contribution is -2.22. The van der Waals surface area contributed by atoms with Gasteiger partial charge in [-0.2, -0.15) is 0 Å². The van der Waals surface area contributed by atoms with Crippen LogP contribution in [0.1, 0.15) is 17.4 Å². The van der Waals surface area contributed by atoms with Crippen molar-refractivity contribution in [3.63, 3.8) is 0 Å². The summed E-state index contributed by atoms with van der Waals surface area (Å²) in [5.41, 5.74) is 5.29. The van der Waals surface area contributed by atoms with E-state index in [2.05, 4.69) is 67.3 Å². The third-order valence-electron chi connectivity index (χ3n) is 5.20. The summed E-state index contributed by atoms with van der Waals surface area (Å²) in [5, 5.41) is 4.66. The Labute approximate surface area is 154 Å². The number of imidazole rings is 1. The summed E-state index contributed by atoms with van der Waals surface area (Å²) in [7, 11) is 0. The van der Waals surface area contributed by atoms with Gasteiger partial charge in [0.2, 0.25) is 0 Å². The first-order valence-corrected chi connectivity index (χ1v) is 8.99. The molecular formula is C21H16N6. The van der Waals surface area contributed by atoms with Crippen molar-refractivity contribution < 1.29 is 0 Å². The van der Waals surface area contributed by atoms with E-state index in [9.17, 15) is 0 Å². The van der Waals surface area contributed by atoms with Crippen molar-refractivity contribution in [2.75, 3.05) is 5.32 Å². The molecule has 5 aromatic rings. The Morgan fingerprint density at radius 1 is 0.963 bits per heavy atom. The van der Waals surface area contributed by atoms with Crippen molar-refractivity contribution in [2.24, 2.45) is 0 Å². The number of rotatable bonds is 2. The molecule has 2 aromatic carbocycles. The zero-order chi connectivity index (χ0) is 17.8. The molecule has 1 atom stereocenters. The number of hydrogen-bond donors (Lipinski definition) is 2. The molecule has 0 saturated heterocycles. The van der Waals surface area contributed by atoms with Gasteiger partial charge in [-0.15, -0.1) is 0 Å². The maximum Gasteiger partial charge on any atom is 0.143 e. The molecule has 27 heavy (non-hydrogen) atoms. The number of para-hydroxylation sites is 3. The van der Waals surface area contributed by atoms with E-state index in [1.54, 1.807) is 6.33 Å². The van der Waals surface area contributed by atoms with Gasteiger partial charge in [0, 0.05) is 18.3 Å². The van der Waals surface area contributed by atoms with Crippen molar-refractivity contribution in [3.05, 3.63) is 78.5 Å². The average molecular weight is 352 g/mol. The summed E-state index contributed by atoms with van der Waals surface area (Å²) in [5.74, 6) is 1.85. The number of hydrogen-bond acceptors (Lipinski definition) is 4. The smallest absolute Gasteiger partial charge is 0.143 e. The van der Waals surface area contributed by atoms with Crippen LogP contribution in [0.4, 0.5) is 5.82 Å². The highest BCUT2D eigenvalue weighted by Gasteiger charge is 2.28. The molecule has 2 N–H and O–H groups in total. The van der Waals surface area contributed by atoms with Gasteiger partial charge in [0.25, 0.3) is 0 Å². The first-order chi connectivity index (χ1) is 13.4. The maximum atomic E-state index is 4.98. The van der Waals surface area contributed by atoms with E-state index < -0.39 is 0 Å². The van der Waals surface area contributed by atoms with Crippen LogP contribution in [0.3, 0.4) is 0 Å². The molecule has 0 aliphatic carbocycles. The fourth-order valence-corrected chi connectivity index (χ4v) is 4.02. The van der Waals surface area contributed by atoms with Gasteiger partial charge in [-0.3, -0.25) is 4.57 Å². The Bertz CT molecular complexity index is 1280. The summed E-state index contributed by atoms with van der Waals surface area (Å²) < 4.78 is 2.24. The van der Waals surface area contributed by atoms with Crippen LogP contribution in [0.2, 0.25) is 0 Å². The maximum absolute atomic E-state index is 4.98. The van der Waals surface area contributed by atoms with Crippen molar-refractivity contribution in [1.29, 1.82) is 0 Å². The van der Waals surface area contributed by atoms with Crippen LogP contribution >= 0.6 is 0 Å². The van der Waals surface area contributed by atoms with E-state index in [0.717, 1.165) is 45.8 Å². The average Bonchev–Trinajstić information content (AvgIpc) is 3.31. The van der Waals surface area contributed by atoms with E-state index in [4.69, 9.17) is 4.98 Å². The molecule has 0 saturated carbocycles. The third kappa shape index (κ3) is 2.10. The Balaban J connectivity index is 1.56. The standard InChI is InChI=1S/C21H16N6/c1-2-6-14(7-3-1)27-17-9-5-4-8-15(17)26-21(27)16-10-13-11-22-19-18(13)20(25-16)24-12-23-19/h1-9,11-12,16H,10H2,(H2,22,23,24,25)/t16-/m0/s1. The molecule has 1 aliphatic rings. The zero-order valence-corrected chi connectivity index (χ0v) is 14.4. The van der Waals surface area contributed by atoms with Gasteiger partial charge in [0.1, 0.15) is 23.6 Å². The number of benzene rings is 2. The molecule has 0 unspecified atom stereocenters. The lowest BCUT2D eigenvalue weighted by molar-refractivity contribution is 0.694. The fourth-order valence-electron chi connectivity index (χ4n) is 4.02. The van der Waals surface area contributed by atoms with Crippen LogP contribution in [-0.2, 0) is 6.42 Å². The summed E-state index contributed by atoms with van der Waals surface area (Å²) in [6.45, 7) is 0. The summed E-state index contributed by atoms with van der Waals surface area (Å²) >= 11 is 0. The van der Waals surface area contributed by atoms with E-state index in [0.29, 0.717) is 0 Å². The molecule has 0 radical (unpaired) electrons. The van der Waals surface area contributed by atoms with E-state index >= 15 is 0 Å². The van der Waals surface area contributed by atoms with Gasteiger partial charge < -0.3 is 10.3 Å². The van der Waals surface area contributed by atoms with Crippen molar-refractivity contribution in [1.82, 2.24) is 24.5 Å². The number of nitrogens with one attached hydrogen (secondary N) is 2. The van der Waals surface area contributed by atoms with Crippen molar-refractivity contribution >= 4 is 27.9 Å². The van der Waals surface area contributed by atoms with Crippen LogP contribution in [0, 0.1) is 0 Å². The number of fused-ring (bicyclic) bond motifs is 1. The molecule has 6 nitrogen and oxygen atoms in total. The summed E-state index contributed by atoms with van der Waals surface area (Å²) in [4.78, 5) is 17.0. The van der Waals surface area contributed by atoms with Gasteiger partial charge in [-0.05, 0) is 29.8 Å². The van der Waals surface area contributed by atoms with Crippen LogP contribution in [0.5, 0.6) is 0 Å². The first kappa shape index (κ1) is 14.5. The predicted molar refractivity (Wildman–Crippen MR) is 105 cm³/mol. The van der Waals surface area contributed by atoms with Crippen molar-refractivity contribution in [3.8, 4) is 5.69 Å². The molecule has 6 heteroatoms. The molecule has 1 aliphatic heterocycles. The minimum absolute atomic E-state index is 0.0269. The van der Waals surface area contributed by atoms with E-state index in [1.165, 1.54) is 5.56 Å². The normalized spacial score (nSPS) is 15.9. The molecule has 4 heterocycles. The van der Waals surface area contributed by atoms with Gasteiger partial charge in [0.15, 0.2) is 0 Å². The SMILES string of the molecule is c1ccc(-n2c([C@@H]3Cc4c[nH]c5ncnc(c45)N3)nc3ccccc32)cc1. The molecule has 0 bridgehead atoms. The number of aromatic nitrogens is 5. The highest BCUT2D eigenvalue weighted by molar-refractivity contribution is 5.92. The molecule has 130 valence electrons. The number of H-pyrrole nitrogens is 1. The quantitative estimate of drug-likeness (QED) is 0.504. The van der Waals surface area contributed by atoms with E-state index in [1.807, 2.05) is 18.3 Å². The Morgan fingerprint density at radius 3 is 2.74 bits per heavy atom. The molecular weight excluding hydrogens is 336 g/mol. The minimum Gasteiger partial charge on any atom is -0.359 e. The largest absolute Gasteiger partial charge is 0.359 e. The highest BCUT2D eigenvalue weighted by atomic mass is 15.2. The predicted octanol–water partition coefficient (Wildman–Crippen LogP) is 4.01. The monoisotopic (exact) mass is 352 g/mol. The molecule has 6 rings (SSSR count). The van der Waals surface area contributed by atoms with Crippen LogP contribution in [0.25, 0.3) is 27.8 Å². The lowest BCUT2D eigenvalue weighted by atomic mass is 10.0. The Hall–Kier alpha value is -3.67. The Morgan fingerprint density at radius 2 is 1.81 bits per heavy atom. The van der Waals surface area contributed by atoms with E-state index in [-0.39, 0.29) is 6.04 Å². The molecule has 0 amide bonds. The van der Waals surface area contributed by atoms with Gasteiger partial charge in [0.05, 0.1) is 22.5 Å². The first-order valence-electron chi connectivity index (χ1n) is 8.99. The highest BCUT2D eigenvalue weighted by Crippen LogP contribution is 2.36. The zero-order valence-electron chi connectivity index (χ0n) is 14.4. The van der Waals surface area contributed by atoms with Gasteiger partial charge in [-0.25, -0.2) is 15.0 Å². The summed E-state index contributed by atoms with van der Waals surface area (Å²) in [6.07, 6.45) is 4.45. The Kier molecular flexibility index (Phi) is 2.90. The van der Waals surface area contributed by atoms with Crippen LogP contribution in [0.15, 0.2) is 67.1 Å². The fraction of sp³-hybridized carbons (Fsp3) is 0.0952. The topological polar surface area (TPSA) is 71.4 Å². The van der Waals surface area contributed by atoms with Crippen LogP contribution < -0.4 is 5.32 Å². The minimum atomic E-state index is 0.0269. The second kappa shape index (κ2) is 5.41. The molecule has 3 aromatic heterocycles. The van der Waals surface area contributed by atoms with Crippen molar-refractivity contribution in [2.45, 2.75) is 12.5 Å². The number of anilines is 1. The van der Waals surface area contributed by atoms with Gasteiger partial charge in [-0.1, -0.05) is 30.3 Å². The molecule has 0 fully saturated rings. The van der Waals surface area contributed by atoms with Gasteiger partial charge >= 0.3 is 0 Å². The van der Waals surface area contributed by atoms with Crippen LogP contribution in [-0.4, -0.2) is 24.5 Å². The third-order valence-corrected chi connectivity index (χ3v) is 5.20.